The van der Waals surface area contributed by atoms with Gasteiger partial charge in [-0.15, -0.1) is 0 Å². The maximum absolute atomic E-state index is 14.2. The van der Waals surface area contributed by atoms with E-state index in [2.05, 4.69) is 9.89 Å². The summed E-state index contributed by atoms with van der Waals surface area (Å²) in [4.78, 5) is 11.7. The number of methoxy groups -OCH3 is 2. The summed E-state index contributed by atoms with van der Waals surface area (Å²) >= 11 is 0. The van der Waals surface area contributed by atoms with E-state index in [0.717, 1.165) is 0 Å². The van der Waals surface area contributed by atoms with Gasteiger partial charge in [-0.25, -0.2) is 17.9 Å². The van der Waals surface area contributed by atoms with Gasteiger partial charge in [0.25, 0.3) is 0 Å². The zero-order valence-electron chi connectivity index (χ0n) is 15.5. The topological polar surface area (TPSA) is 122 Å². The van der Waals surface area contributed by atoms with E-state index in [9.17, 15) is 17.6 Å². The lowest BCUT2D eigenvalue weighted by molar-refractivity contribution is -0.140. The molecule has 0 aliphatic heterocycles. The van der Waals surface area contributed by atoms with Gasteiger partial charge >= 0.3 is 5.97 Å². The Bertz CT molecular complexity index is 1160. The first-order chi connectivity index (χ1) is 13.7. The minimum absolute atomic E-state index is 0.0612. The average molecular weight is 420 g/mol. The fourth-order valence-electron chi connectivity index (χ4n) is 2.77. The number of nitrogens with zero attached hydrogens (tertiary/aromatic N) is 1. The van der Waals surface area contributed by atoms with E-state index < -0.39 is 21.8 Å². The minimum atomic E-state index is -3.87. The molecule has 0 amide bonds. The Balaban J connectivity index is 2.15. The molecule has 3 aromatic rings. The van der Waals surface area contributed by atoms with Crippen molar-refractivity contribution in [2.45, 2.75) is 11.3 Å². The number of hydrogen-bond donors (Lipinski definition) is 1. The van der Waals surface area contributed by atoms with E-state index >= 15 is 0 Å². The SMILES string of the molecule is COC(=O)Cc1onc(-c2ccc(OC)c(F)c2)c1-c1ccc(S(N)(=O)=O)cc1. The lowest BCUT2D eigenvalue weighted by Crippen LogP contribution is -2.11. The van der Waals surface area contributed by atoms with Crippen LogP contribution in [0.25, 0.3) is 22.4 Å². The summed E-state index contributed by atoms with van der Waals surface area (Å²) in [5.41, 5.74) is 1.56. The first-order valence-electron chi connectivity index (χ1n) is 8.27. The van der Waals surface area contributed by atoms with Gasteiger partial charge in [-0.05, 0) is 35.9 Å². The number of aromatic nitrogens is 1. The lowest BCUT2D eigenvalue weighted by atomic mass is 9.98. The standard InChI is InChI=1S/C19H17FN2O6S/c1-26-15-8-5-12(9-14(15)20)19-18(16(28-22-19)10-17(23)27-2)11-3-6-13(7-4-11)29(21,24)25/h3-9H,10H2,1-2H3,(H2,21,24,25). The van der Waals surface area contributed by atoms with Crippen molar-refractivity contribution in [1.82, 2.24) is 5.16 Å². The fraction of sp³-hybridized carbons (Fsp3) is 0.158. The van der Waals surface area contributed by atoms with E-state index in [1.54, 1.807) is 6.07 Å². The number of sulfonamides is 1. The highest BCUT2D eigenvalue weighted by molar-refractivity contribution is 7.89. The largest absolute Gasteiger partial charge is 0.494 e. The van der Waals surface area contributed by atoms with Crippen LogP contribution in [0.4, 0.5) is 4.39 Å². The quantitative estimate of drug-likeness (QED) is 0.608. The van der Waals surface area contributed by atoms with Crippen molar-refractivity contribution in [3.63, 3.8) is 0 Å². The number of primary sulfonamides is 1. The van der Waals surface area contributed by atoms with E-state index in [1.807, 2.05) is 0 Å². The Labute approximate surface area is 166 Å². The third-order valence-corrected chi connectivity index (χ3v) is 5.12. The molecule has 0 bridgehead atoms. The molecule has 8 nitrogen and oxygen atoms in total. The Hall–Kier alpha value is -3.24. The molecule has 0 unspecified atom stereocenters. The molecule has 0 aliphatic carbocycles. The van der Waals surface area contributed by atoms with Gasteiger partial charge in [0.2, 0.25) is 10.0 Å². The number of nitrogens with two attached hydrogens (primary N) is 1. The van der Waals surface area contributed by atoms with Crippen LogP contribution >= 0.6 is 0 Å². The second-order valence-electron chi connectivity index (χ2n) is 6.00. The number of carbonyl (C=O) groups is 1. The Morgan fingerprint density at radius 3 is 2.34 bits per heavy atom. The van der Waals surface area contributed by atoms with Crippen LogP contribution in [0.2, 0.25) is 0 Å². The average Bonchev–Trinajstić information content (AvgIpc) is 3.10. The first kappa shape index (κ1) is 20.5. The van der Waals surface area contributed by atoms with Gasteiger partial charge in [0.1, 0.15) is 12.1 Å². The molecule has 1 heterocycles. The van der Waals surface area contributed by atoms with Crippen molar-refractivity contribution in [3.8, 4) is 28.1 Å². The molecule has 10 heteroatoms. The second kappa shape index (κ2) is 8.02. The maximum atomic E-state index is 14.2. The molecule has 2 aromatic carbocycles. The number of esters is 1. The zero-order chi connectivity index (χ0) is 21.2. The van der Waals surface area contributed by atoms with Crippen molar-refractivity contribution < 1.29 is 31.6 Å². The second-order valence-corrected chi connectivity index (χ2v) is 7.56. The van der Waals surface area contributed by atoms with Gasteiger partial charge in [0, 0.05) is 5.56 Å². The molecule has 0 fully saturated rings. The summed E-state index contributed by atoms with van der Waals surface area (Å²) in [6.45, 7) is 0. The van der Waals surface area contributed by atoms with Crippen LogP contribution in [0, 0.1) is 5.82 Å². The van der Waals surface area contributed by atoms with E-state index in [0.29, 0.717) is 16.7 Å². The molecule has 0 saturated heterocycles. The predicted octanol–water partition coefficient (Wildman–Crippen LogP) is 2.52. The third-order valence-electron chi connectivity index (χ3n) is 4.19. The van der Waals surface area contributed by atoms with Gasteiger partial charge in [-0.2, -0.15) is 0 Å². The van der Waals surface area contributed by atoms with Crippen molar-refractivity contribution in [1.29, 1.82) is 0 Å². The molecule has 0 aliphatic rings. The van der Waals surface area contributed by atoms with E-state index in [1.165, 1.54) is 50.6 Å². The summed E-state index contributed by atoms with van der Waals surface area (Å²) in [5, 5.41) is 9.12. The van der Waals surface area contributed by atoms with Gasteiger partial charge in [0.15, 0.2) is 17.3 Å². The number of ether oxygens (including phenoxy) is 2. The van der Waals surface area contributed by atoms with Crippen LogP contribution in [0.15, 0.2) is 51.9 Å². The molecule has 29 heavy (non-hydrogen) atoms. The van der Waals surface area contributed by atoms with Crippen LogP contribution in [-0.4, -0.2) is 33.8 Å². The monoisotopic (exact) mass is 420 g/mol. The van der Waals surface area contributed by atoms with Crippen LogP contribution < -0.4 is 9.88 Å². The minimum Gasteiger partial charge on any atom is -0.494 e. The van der Waals surface area contributed by atoms with Crippen molar-refractivity contribution in [2.75, 3.05) is 14.2 Å². The van der Waals surface area contributed by atoms with E-state index in [-0.39, 0.29) is 28.5 Å². The molecule has 1 aromatic heterocycles. The molecular weight excluding hydrogens is 403 g/mol. The van der Waals surface area contributed by atoms with Gasteiger partial charge < -0.3 is 14.0 Å². The highest BCUT2D eigenvalue weighted by Crippen LogP contribution is 2.36. The Morgan fingerprint density at radius 1 is 1.14 bits per heavy atom. The van der Waals surface area contributed by atoms with Crippen LogP contribution in [0.5, 0.6) is 5.75 Å². The van der Waals surface area contributed by atoms with Gasteiger partial charge in [-0.1, -0.05) is 17.3 Å². The Morgan fingerprint density at radius 2 is 1.79 bits per heavy atom. The van der Waals surface area contributed by atoms with Gasteiger partial charge in [0.05, 0.1) is 24.7 Å². The number of carbonyl (C=O) groups excluding carboxylic acids is 1. The van der Waals surface area contributed by atoms with Crippen LogP contribution in [0.1, 0.15) is 5.76 Å². The summed E-state index contributed by atoms with van der Waals surface area (Å²) in [7, 11) is -1.29. The molecular formula is C19H17FN2O6S. The molecule has 2 N–H and O–H groups in total. The van der Waals surface area contributed by atoms with Crippen molar-refractivity contribution in [2.24, 2.45) is 5.14 Å². The van der Waals surface area contributed by atoms with E-state index in [4.69, 9.17) is 14.4 Å². The molecule has 152 valence electrons. The molecule has 0 saturated carbocycles. The Kier molecular flexibility index (Phi) is 5.66. The van der Waals surface area contributed by atoms with Gasteiger partial charge in [-0.3, -0.25) is 4.79 Å². The molecule has 0 atom stereocenters. The number of rotatable bonds is 6. The van der Waals surface area contributed by atoms with Crippen LogP contribution in [-0.2, 0) is 26.0 Å². The highest BCUT2D eigenvalue weighted by Gasteiger charge is 2.23. The fourth-order valence-corrected chi connectivity index (χ4v) is 3.28. The maximum Gasteiger partial charge on any atom is 0.313 e. The lowest BCUT2D eigenvalue weighted by Gasteiger charge is -2.07. The van der Waals surface area contributed by atoms with Crippen molar-refractivity contribution >= 4 is 16.0 Å². The summed E-state index contributed by atoms with van der Waals surface area (Å²) in [6.07, 6.45) is -0.214. The number of halogens is 1. The summed E-state index contributed by atoms with van der Waals surface area (Å²) in [6, 6.07) is 9.88. The summed E-state index contributed by atoms with van der Waals surface area (Å²) < 4.78 is 52.1. The van der Waals surface area contributed by atoms with Crippen molar-refractivity contribution in [3.05, 3.63) is 54.0 Å². The predicted molar refractivity (Wildman–Crippen MR) is 101 cm³/mol. The molecule has 0 spiro atoms. The number of hydrogen-bond acceptors (Lipinski definition) is 7. The zero-order valence-corrected chi connectivity index (χ0v) is 16.3. The molecule has 3 rings (SSSR count). The normalized spacial score (nSPS) is 11.3. The highest BCUT2D eigenvalue weighted by atomic mass is 32.2. The molecule has 0 radical (unpaired) electrons. The summed E-state index contributed by atoms with van der Waals surface area (Å²) in [5.74, 6) is -0.911. The third kappa shape index (κ3) is 4.28. The smallest absolute Gasteiger partial charge is 0.313 e. The first-order valence-corrected chi connectivity index (χ1v) is 9.81. The van der Waals surface area contributed by atoms with Crippen LogP contribution in [0.3, 0.4) is 0 Å². The number of benzene rings is 2.